The number of carbonyl (C=O) groups is 2. The third kappa shape index (κ3) is 2.62. The number of fused-ring (bicyclic) bond motifs is 2. The van der Waals surface area contributed by atoms with Gasteiger partial charge >= 0.3 is 6.03 Å². The van der Waals surface area contributed by atoms with E-state index in [9.17, 15) is 9.59 Å². The van der Waals surface area contributed by atoms with E-state index in [2.05, 4.69) is 5.32 Å². The summed E-state index contributed by atoms with van der Waals surface area (Å²) in [6.45, 7) is 0.364. The summed E-state index contributed by atoms with van der Waals surface area (Å²) in [5, 5.41) is 3.47. The predicted molar refractivity (Wildman–Crippen MR) is 85.1 cm³/mol. The van der Waals surface area contributed by atoms with Crippen molar-refractivity contribution in [3.8, 4) is 0 Å². The first-order chi connectivity index (χ1) is 11.1. The van der Waals surface area contributed by atoms with Crippen LogP contribution in [0.5, 0.6) is 0 Å². The fourth-order valence-corrected chi connectivity index (χ4v) is 4.24. The van der Waals surface area contributed by atoms with Gasteiger partial charge in [-0.2, -0.15) is 0 Å². The van der Waals surface area contributed by atoms with E-state index in [0.29, 0.717) is 17.7 Å². The average Bonchev–Trinajstić information content (AvgIpc) is 3.12. The summed E-state index contributed by atoms with van der Waals surface area (Å²) in [5.74, 6) is -0.160. The van der Waals surface area contributed by atoms with E-state index < -0.39 is 0 Å². The summed E-state index contributed by atoms with van der Waals surface area (Å²) in [7, 11) is 0. The number of carbonyl (C=O) groups excluding carboxylic acids is 2. The third-order valence-electron chi connectivity index (χ3n) is 5.21. The Labute approximate surface area is 139 Å². The van der Waals surface area contributed by atoms with Crippen molar-refractivity contribution in [2.45, 2.75) is 49.9 Å². The Morgan fingerprint density at radius 3 is 2.61 bits per heavy atom. The van der Waals surface area contributed by atoms with Crippen molar-refractivity contribution in [3.63, 3.8) is 0 Å². The van der Waals surface area contributed by atoms with Crippen LogP contribution in [-0.2, 0) is 9.53 Å². The minimum atomic E-state index is -0.363. The van der Waals surface area contributed by atoms with Gasteiger partial charge in [0, 0.05) is 5.02 Å². The van der Waals surface area contributed by atoms with E-state index in [1.54, 1.807) is 6.07 Å². The fraction of sp³-hybridized carbons (Fsp3) is 0.529. The highest BCUT2D eigenvalue weighted by molar-refractivity contribution is 6.31. The topological polar surface area (TPSA) is 58.6 Å². The number of urea groups is 1. The van der Waals surface area contributed by atoms with Crippen LogP contribution in [0.4, 0.5) is 4.79 Å². The molecule has 3 saturated heterocycles. The van der Waals surface area contributed by atoms with Gasteiger partial charge in [-0.25, -0.2) is 4.79 Å². The number of nitrogens with zero attached hydrogens (tertiary/aromatic N) is 1. The van der Waals surface area contributed by atoms with Crippen molar-refractivity contribution in [2.75, 3.05) is 6.54 Å². The van der Waals surface area contributed by atoms with Crippen LogP contribution >= 0.6 is 11.6 Å². The summed E-state index contributed by atoms with van der Waals surface area (Å²) >= 11 is 6.18. The van der Waals surface area contributed by atoms with Crippen LogP contribution < -0.4 is 5.32 Å². The summed E-state index contributed by atoms with van der Waals surface area (Å²) < 4.78 is 5.99. The van der Waals surface area contributed by atoms with Gasteiger partial charge in [-0.05, 0) is 37.3 Å². The molecular formula is C17H19ClN2O3. The van der Waals surface area contributed by atoms with Gasteiger partial charge in [0.25, 0.3) is 0 Å². The summed E-state index contributed by atoms with van der Waals surface area (Å²) in [4.78, 5) is 26.3. The molecule has 23 heavy (non-hydrogen) atoms. The van der Waals surface area contributed by atoms with Gasteiger partial charge < -0.3 is 10.1 Å². The lowest BCUT2D eigenvalue weighted by molar-refractivity contribution is -0.133. The standard InChI is InChI=1S/C17H19ClN2O3/c18-13-4-2-1-3-12(13)14-9-15(21)20(16(22)19-14)10-17-7-5-11(23-17)6-8-17/h1-4,11,14H,5-10H2,(H,19,22)/t11?,14-,17?/m1/s1. The van der Waals surface area contributed by atoms with E-state index in [0.717, 1.165) is 31.2 Å². The molecule has 0 unspecified atom stereocenters. The maximum atomic E-state index is 12.5. The number of amides is 3. The number of imide groups is 1. The summed E-state index contributed by atoms with van der Waals surface area (Å²) in [5.41, 5.74) is 0.473. The van der Waals surface area contributed by atoms with Crippen molar-refractivity contribution in [3.05, 3.63) is 34.9 Å². The van der Waals surface area contributed by atoms with Crippen molar-refractivity contribution in [1.82, 2.24) is 10.2 Å². The van der Waals surface area contributed by atoms with Gasteiger partial charge in [-0.1, -0.05) is 29.8 Å². The molecule has 5 nitrogen and oxygen atoms in total. The number of hydrogen-bond acceptors (Lipinski definition) is 3. The zero-order chi connectivity index (χ0) is 16.0. The minimum Gasteiger partial charge on any atom is -0.370 e. The number of rotatable bonds is 3. The zero-order valence-electron chi connectivity index (χ0n) is 12.8. The van der Waals surface area contributed by atoms with Crippen LogP contribution in [0.25, 0.3) is 0 Å². The first-order valence-electron chi connectivity index (χ1n) is 8.09. The quantitative estimate of drug-likeness (QED) is 0.924. The van der Waals surface area contributed by atoms with E-state index in [4.69, 9.17) is 16.3 Å². The molecule has 3 aliphatic rings. The van der Waals surface area contributed by atoms with Gasteiger partial charge in [0.1, 0.15) is 0 Å². The Morgan fingerprint density at radius 1 is 1.26 bits per heavy atom. The highest BCUT2D eigenvalue weighted by Gasteiger charge is 2.49. The summed E-state index contributed by atoms with van der Waals surface area (Å²) in [6, 6.07) is 6.59. The van der Waals surface area contributed by atoms with E-state index in [-0.39, 0.29) is 30.0 Å². The van der Waals surface area contributed by atoms with Crippen LogP contribution in [-0.4, -0.2) is 35.1 Å². The molecule has 0 aromatic heterocycles. The van der Waals surface area contributed by atoms with E-state index in [1.807, 2.05) is 18.2 Å². The largest absolute Gasteiger partial charge is 0.370 e. The Kier molecular flexibility index (Phi) is 3.58. The van der Waals surface area contributed by atoms with Gasteiger partial charge in [0.2, 0.25) is 5.91 Å². The van der Waals surface area contributed by atoms with E-state index in [1.165, 1.54) is 4.90 Å². The van der Waals surface area contributed by atoms with Crippen molar-refractivity contribution >= 4 is 23.5 Å². The highest BCUT2D eigenvalue weighted by atomic mass is 35.5. The zero-order valence-corrected chi connectivity index (χ0v) is 13.5. The molecule has 1 aromatic rings. The minimum absolute atomic E-state index is 0.160. The maximum Gasteiger partial charge on any atom is 0.324 e. The fourth-order valence-electron chi connectivity index (χ4n) is 3.97. The highest BCUT2D eigenvalue weighted by Crippen LogP contribution is 2.44. The Balaban J connectivity index is 1.50. The molecule has 3 amide bonds. The number of benzene rings is 1. The normalized spacial score (nSPS) is 33.2. The second-order valence-corrected chi connectivity index (χ2v) is 7.12. The molecule has 1 aromatic carbocycles. The smallest absolute Gasteiger partial charge is 0.324 e. The molecule has 3 fully saturated rings. The van der Waals surface area contributed by atoms with Crippen LogP contribution in [0.2, 0.25) is 5.02 Å². The molecule has 0 radical (unpaired) electrons. The number of ether oxygens (including phenoxy) is 1. The lowest BCUT2D eigenvalue weighted by atomic mass is 9.88. The van der Waals surface area contributed by atoms with Crippen LogP contribution in [0.15, 0.2) is 24.3 Å². The first-order valence-corrected chi connectivity index (χ1v) is 8.47. The molecule has 122 valence electrons. The second kappa shape index (κ2) is 5.49. The SMILES string of the molecule is O=C1C[C@H](c2ccccc2Cl)NC(=O)N1CC12CCC(CC1)O2. The van der Waals surface area contributed by atoms with E-state index >= 15 is 0 Å². The van der Waals surface area contributed by atoms with Crippen molar-refractivity contribution in [2.24, 2.45) is 0 Å². The molecule has 1 N–H and O–H groups in total. The van der Waals surface area contributed by atoms with Crippen LogP contribution in [0.3, 0.4) is 0 Å². The first kappa shape index (κ1) is 15.0. The molecule has 3 aliphatic heterocycles. The lowest BCUT2D eigenvalue weighted by Crippen LogP contribution is -2.55. The molecule has 3 heterocycles. The molecule has 1 atom stereocenters. The number of nitrogens with one attached hydrogen (secondary N) is 1. The van der Waals surface area contributed by atoms with Gasteiger partial charge in [-0.3, -0.25) is 9.69 Å². The molecule has 0 saturated carbocycles. The second-order valence-electron chi connectivity index (χ2n) is 6.71. The summed E-state index contributed by atoms with van der Waals surface area (Å²) in [6.07, 6.45) is 4.48. The third-order valence-corrected chi connectivity index (χ3v) is 5.55. The van der Waals surface area contributed by atoms with Crippen LogP contribution in [0.1, 0.15) is 43.7 Å². The molecule has 4 rings (SSSR count). The van der Waals surface area contributed by atoms with Crippen molar-refractivity contribution < 1.29 is 14.3 Å². The van der Waals surface area contributed by atoms with Crippen LogP contribution in [0, 0.1) is 0 Å². The van der Waals surface area contributed by atoms with Gasteiger partial charge in [0.15, 0.2) is 0 Å². The maximum absolute atomic E-state index is 12.5. The van der Waals surface area contributed by atoms with Crippen molar-refractivity contribution in [1.29, 1.82) is 0 Å². The van der Waals surface area contributed by atoms with Gasteiger partial charge in [-0.15, -0.1) is 0 Å². The molecule has 0 aliphatic carbocycles. The lowest BCUT2D eigenvalue weighted by Gasteiger charge is -2.36. The molecule has 0 spiro atoms. The Morgan fingerprint density at radius 2 is 2.00 bits per heavy atom. The predicted octanol–water partition coefficient (Wildman–Crippen LogP) is 3.03. The van der Waals surface area contributed by atoms with Gasteiger partial charge in [0.05, 0.1) is 30.7 Å². The average molecular weight is 335 g/mol. The Hall–Kier alpha value is -1.59. The Bertz CT molecular complexity index is 637. The molecule has 2 bridgehead atoms. The monoisotopic (exact) mass is 334 g/mol. The molecule has 6 heteroatoms. The number of hydrogen-bond donors (Lipinski definition) is 1. The molecular weight excluding hydrogens is 316 g/mol. The number of halogens is 1.